The van der Waals surface area contributed by atoms with Gasteiger partial charge < -0.3 is 14.7 Å². The SMILES string of the molecule is Cc1c(C(=O)N2CC(C)OC(CO)C2)cnc2ncnn12. The van der Waals surface area contributed by atoms with E-state index in [0.29, 0.717) is 30.1 Å². The molecule has 1 fully saturated rings. The van der Waals surface area contributed by atoms with Crippen molar-refractivity contribution in [3.8, 4) is 0 Å². The first kappa shape index (κ1) is 13.9. The van der Waals surface area contributed by atoms with Crippen LogP contribution in [0.3, 0.4) is 0 Å². The van der Waals surface area contributed by atoms with Crippen LogP contribution < -0.4 is 0 Å². The number of hydrogen-bond acceptors (Lipinski definition) is 6. The van der Waals surface area contributed by atoms with Crippen molar-refractivity contribution in [2.75, 3.05) is 19.7 Å². The van der Waals surface area contributed by atoms with E-state index in [1.807, 2.05) is 13.8 Å². The second kappa shape index (κ2) is 5.38. The Balaban J connectivity index is 1.90. The minimum absolute atomic E-state index is 0.104. The predicted molar refractivity (Wildman–Crippen MR) is 72.8 cm³/mol. The zero-order valence-electron chi connectivity index (χ0n) is 11.9. The molecule has 8 nitrogen and oxygen atoms in total. The molecular weight excluding hydrogens is 274 g/mol. The van der Waals surface area contributed by atoms with Gasteiger partial charge >= 0.3 is 0 Å². The van der Waals surface area contributed by atoms with E-state index in [0.717, 1.165) is 0 Å². The second-order valence-electron chi connectivity index (χ2n) is 5.19. The minimum atomic E-state index is -0.346. The van der Waals surface area contributed by atoms with Crippen LogP contribution in [-0.2, 0) is 4.74 Å². The first-order valence-corrected chi connectivity index (χ1v) is 6.81. The molecule has 3 heterocycles. The molecule has 0 bridgehead atoms. The Morgan fingerprint density at radius 1 is 1.48 bits per heavy atom. The fourth-order valence-corrected chi connectivity index (χ4v) is 2.58. The van der Waals surface area contributed by atoms with E-state index in [9.17, 15) is 9.90 Å². The molecule has 1 aliphatic rings. The number of nitrogens with zero attached hydrogens (tertiary/aromatic N) is 5. The van der Waals surface area contributed by atoms with Crippen molar-refractivity contribution in [2.45, 2.75) is 26.1 Å². The molecule has 0 aromatic carbocycles. The summed E-state index contributed by atoms with van der Waals surface area (Å²) in [5.41, 5.74) is 1.18. The van der Waals surface area contributed by atoms with E-state index in [1.165, 1.54) is 12.5 Å². The number of fused-ring (bicyclic) bond motifs is 1. The standard InChI is InChI=1S/C13H17N5O3/c1-8-4-17(5-10(6-19)21-8)12(20)11-3-14-13-15-7-16-18(13)9(11)2/h3,7-8,10,19H,4-6H2,1-2H3. The van der Waals surface area contributed by atoms with Crippen molar-refractivity contribution in [3.05, 3.63) is 23.8 Å². The lowest BCUT2D eigenvalue weighted by molar-refractivity contribution is -0.0858. The zero-order valence-corrected chi connectivity index (χ0v) is 11.9. The van der Waals surface area contributed by atoms with Gasteiger partial charge in [0.1, 0.15) is 6.33 Å². The first-order chi connectivity index (χ1) is 10.1. The van der Waals surface area contributed by atoms with Crippen LogP contribution in [-0.4, -0.2) is 67.4 Å². The number of aliphatic hydroxyl groups is 1. The highest BCUT2D eigenvalue weighted by Crippen LogP contribution is 2.16. The first-order valence-electron chi connectivity index (χ1n) is 6.81. The van der Waals surface area contributed by atoms with Gasteiger partial charge in [0.15, 0.2) is 0 Å². The van der Waals surface area contributed by atoms with Gasteiger partial charge in [0, 0.05) is 19.3 Å². The van der Waals surface area contributed by atoms with Crippen molar-refractivity contribution in [2.24, 2.45) is 0 Å². The fourth-order valence-electron chi connectivity index (χ4n) is 2.58. The Hall–Kier alpha value is -2.06. The number of rotatable bonds is 2. The normalized spacial score (nSPS) is 22.7. The summed E-state index contributed by atoms with van der Waals surface area (Å²) in [4.78, 5) is 22.5. The Labute approximate surface area is 121 Å². The Bertz CT molecular complexity index is 671. The Morgan fingerprint density at radius 2 is 2.29 bits per heavy atom. The monoisotopic (exact) mass is 291 g/mol. The van der Waals surface area contributed by atoms with E-state index >= 15 is 0 Å². The highest BCUT2D eigenvalue weighted by molar-refractivity contribution is 5.95. The second-order valence-corrected chi connectivity index (χ2v) is 5.19. The van der Waals surface area contributed by atoms with Gasteiger partial charge in [0.2, 0.25) is 0 Å². The molecule has 2 aromatic rings. The predicted octanol–water partition coefficient (Wildman–Crippen LogP) is -0.345. The third kappa shape index (κ3) is 2.47. The number of ether oxygens (including phenoxy) is 1. The molecule has 21 heavy (non-hydrogen) atoms. The molecule has 1 saturated heterocycles. The van der Waals surface area contributed by atoms with Gasteiger partial charge in [0.05, 0.1) is 30.1 Å². The molecule has 8 heteroatoms. The molecule has 1 amide bonds. The number of aromatic nitrogens is 4. The zero-order chi connectivity index (χ0) is 15.0. The lowest BCUT2D eigenvalue weighted by Gasteiger charge is -2.36. The van der Waals surface area contributed by atoms with Crippen LogP contribution in [0.25, 0.3) is 5.78 Å². The summed E-state index contributed by atoms with van der Waals surface area (Å²) in [5.74, 6) is 0.332. The number of amides is 1. The third-order valence-electron chi connectivity index (χ3n) is 3.59. The molecule has 1 aliphatic heterocycles. The van der Waals surface area contributed by atoms with Crippen molar-refractivity contribution >= 4 is 11.7 Å². The van der Waals surface area contributed by atoms with Crippen molar-refractivity contribution < 1.29 is 14.6 Å². The van der Waals surface area contributed by atoms with Crippen LogP contribution in [0.15, 0.2) is 12.5 Å². The van der Waals surface area contributed by atoms with E-state index < -0.39 is 0 Å². The summed E-state index contributed by atoms with van der Waals surface area (Å²) in [5, 5.41) is 13.3. The summed E-state index contributed by atoms with van der Waals surface area (Å²) in [7, 11) is 0. The van der Waals surface area contributed by atoms with Crippen LogP contribution in [0, 0.1) is 6.92 Å². The van der Waals surface area contributed by atoms with Gasteiger partial charge in [-0.25, -0.2) is 9.50 Å². The summed E-state index contributed by atoms with van der Waals surface area (Å²) in [6.45, 7) is 4.45. The quantitative estimate of drug-likeness (QED) is 0.813. The smallest absolute Gasteiger partial charge is 0.257 e. The highest BCUT2D eigenvalue weighted by Gasteiger charge is 2.29. The van der Waals surface area contributed by atoms with Crippen molar-refractivity contribution in [1.82, 2.24) is 24.5 Å². The Morgan fingerprint density at radius 3 is 3.05 bits per heavy atom. The maximum Gasteiger partial charge on any atom is 0.257 e. The van der Waals surface area contributed by atoms with Crippen LogP contribution in [0.4, 0.5) is 0 Å². The number of aryl methyl sites for hydroxylation is 1. The number of carbonyl (C=O) groups is 1. The highest BCUT2D eigenvalue weighted by atomic mass is 16.5. The molecule has 0 aliphatic carbocycles. The fraction of sp³-hybridized carbons (Fsp3) is 0.538. The topological polar surface area (TPSA) is 92.9 Å². The molecule has 2 aromatic heterocycles. The molecule has 0 radical (unpaired) electrons. The lowest BCUT2D eigenvalue weighted by atomic mass is 10.1. The van der Waals surface area contributed by atoms with E-state index in [2.05, 4.69) is 15.1 Å². The summed E-state index contributed by atoms with van der Waals surface area (Å²) >= 11 is 0. The molecule has 2 unspecified atom stereocenters. The molecule has 0 spiro atoms. The van der Waals surface area contributed by atoms with E-state index in [-0.39, 0.29) is 24.7 Å². The molecule has 2 atom stereocenters. The average Bonchev–Trinajstić information content (AvgIpc) is 2.95. The van der Waals surface area contributed by atoms with Crippen molar-refractivity contribution in [3.63, 3.8) is 0 Å². The van der Waals surface area contributed by atoms with Gasteiger partial charge in [-0.2, -0.15) is 10.1 Å². The van der Waals surface area contributed by atoms with Crippen LogP contribution >= 0.6 is 0 Å². The van der Waals surface area contributed by atoms with Crippen LogP contribution in [0.2, 0.25) is 0 Å². The average molecular weight is 291 g/mol. The maximum absolute atomic E-state index is 12.7. The number of morpholine rings is 1. The van der Waals surface area contributed by atoms with Gasteiger partial charge in [-0.3, -0.25) is 4.79 Å². The summed E-state index contributed by atoms with van der Waals surface area (Å²) in [6.07, 6.45) is 2.47. The number of aliphatic hydroxyl groups excluding tert-OH is 1. The largest absolute Gasteiger partial charge is 0.394 e. The van der Waals surface area contributed by atoms with Gasteiger partial charge in [-0.1, -0.05) is 0 Å². The molecular formula is C13H17N5O3. The van der Waals surface area contributed by atoms with Crippen LogP contribution in [0.1, 0.15) is 23.0 Å². The van der Waals surface area contributed by atoms with Crippen molar-refractivity contribution in [1.29, 1.82) is 0 Å². The lowest BCUT2D eigenvalue weighted by Crippen LogP contribution is -2.50. The van der Waals surface area contributed by atoms with E-state index in [4.69, 9.17) is 4.74 Å². The Kier molecular flexibility index (Phi) is 3.56. The summed E-state index contributed by atoms with van der Waals surface area (Å²) in [6, 6.07) is 0. The number of carbonyl (C=O) groups excluding carboxylic acids is 1. The van der Waals surface area contributed by atoms with Gasteiger partial charge in [0.25, 0.3) is 11.7 Å². The molecule has 0 saturated carbocycles. The van der Waals surface area contributed by atoms with Crippen LogP contribution in [0.5, 0.6) is 0 Å². The molecule has 112 valence electrons. The maximum atomic E-state index is 12.7. The number of hydrogen-bond donors (Lipinski definition) is 1. The minimum Gasteiger partial charge on any atom is -0.394 e. The van der Waals surface area contributed by atoms with Gasteiger partial charge in [-0.15, -0.1) is 0 Å². The van der Waals surface area contributed by atoms with E-state index in [1.54, 1.807) is 9.42 Å². The molecule has 3 rings (SSSR count). The third-order valence-corrected chi connectivity index (χ3v) is 3.59. The van der Waals surface area contributed by atoms with Gasteiger partial charge in [-0.05, 0) is 13.8 Å². The summed E-state index contributed by atoms with van der Waals surface area (Å²) < 4.78 is 7.10. The molecule has 1 N–H and O–H groups in total.